The molecule has 0 spiro atoms. The summed E-state index contributed by atoms with van der Waals surface area (Å²) in [5.74, 6) is 1.63. The van der Waals surface area contributed by atoms with Crippen molar-refractivity contribution in [3.05, 3.63) is 96.4 Å². The van der Waals surface area contributed by atoms with Gasteiger partial charge < -0.3 is 19.5 Å². The maximum atomic E-state index is 14.3. The molecule has 196 valence electrons. The summed E-state index contributed by atoms with van der Waals surface area (Å²) in [5, 5.41) is 0. The van der Waals surface area contributed by atoms with Crippen LogP contribution in [0.2, 0.25) is 0 Å². The van der Waals surface area contributed by atoms with Gasteiger partial charge in [0.15, 0.2) is 5.82 Å². The van der Waals surface area contributed by atoms with E-state index in [0.717, 1.165) is 40.7 Å². The molecule has 1 aliphatic heterocycles. The zero-order valence-electron chi connectivity index (χ0n) is 21.8. The van der Waals surface area contributed by atoms with Crippen molar-refractivity contribution in [3.8, 4) is 34.1 Å². The molecule has 1 unspecified atom stereocenters. The minimum absolute atomic E-state index is 0.0310. The maximum absolute atomic E-state index is 14.3. The number of imidazole rings is 1. The van der Waals surface area contributed by atoms with E-state index in [0.29, 0.717) is 29.4 Å². The van der Waals surface area contributed by atoms with Crippen LogP contribution in [0.4, 0.5) is 9.18 Å². The van der Waals surface area contributed by atoms with Crippen molar-refractivity contribution >= 4 is 17.1 Å². The fraction of sp³-hybridized carbons (Fsp3) is 0.194. The summed E-state index contributed by atoms with van der Waals surface area (Å²) in [6, 6.07) is 23.5. The van der Waals surface area contributed by atoms with E-state index in [2.05, 4.69) is 9.97 Å². The number of H-pyrrole nitrogens is 1. The Morgan fingerprint density at radius 3 is 2.59 bits per heavy atom. The molecule has 1 fully saturated rings. The number of nitrogens with one attached hydrogen (secondary N) is 1. The largest absolute Gasteiger partial charge is 0.457 e. The van der Waals surface area contributed by atoms with Gasteiger partial charge in [0.1, 0.15) is 23.0 Å². The zero-order valence-corrected chi connectivity index (χ0v) is 21.8. The van der Waals surface area contributed by atoms with Crippen molar-refractivity contribution in [2.24, 2.45) is 0 Å². The van der Waals surface area contributed by atoms with E-state index in [4.69, 9.17) is 9.72 Å². The van der Waals surface area contributed by atoms with E-state index in [1.54, 1.807) is 37.3 Å². The van der Waals surface area contributed by atoms with Crippen LogP contribution in [0, 0.1) is 5.82 Å². The van der Waals surface area contributed by atoms with E-state index in [1.807, 2.05) is 65.6 Å². The molecule has 0 radical (unpaired) electrons. The quantitative estimate of drug-likeness (QED) is 0.269. The van der Waals surface area contributed by atoms with Gasteiger partial charge in [-0.05, 0) is 54.8 Å². The SMILES string of the molecule is CN(C)C(=O)N1CCCC1c1cc2[nH]c(-c3ccccn3)nc2cc1Oc1ccc(-c2ccccc2F)cc1. The second-order valence-electron chi connectivity index (χ2n) is 9.84. The average molecular weight is 522 g/mol. The van der Waals surface area contributed by atoms with Crippen LogP contribution in [-0.4, -0.2) is 51.4 Å². The topological polar surface area (TPSA) is 74.4 Å². The van der Waals surface area contributed by atoms with Gasteiger partial charge in [0.2, 0.25) is 0 Å². The summed E-state index contributed by atoms with van der Waals surface area (Å²) in [7, 11) is 3.53. The van der Waals surface area contributed by atoms with Crippen molar-refractivity contribution < 1.29 is 13.9 Å². The molecule has 1 saturated heterocycles. The second kappa shape index (κ2) is 10.2. The summed E-state index contributed by atoms with van der Waals surface area (Å²) in [6.07, 6.45) is 3.47. The Morgan fingerprint density at radius 1 is 1.05 bits per heavy atom. The van der Waals surface area contributed by atoms with Crippen molar-refractivity contribution in [1.29, 1.82) is 0 Å². The number of nitrogens with zero attached hydrogens (tertiary/aromatic N) is 4. The van der Waals surface area contributed by atoms with E-state index in [-0.39, 0.29) is 17.9 Å². The third kappa shape index (κ3) is 4.81. The Kier molecular flexibility index (Phi) is 6.44. The van der Waals surface area contributed by atoms with Crippen molar-refractivity contribution in [2.75, 3.05) is 20.6 Å². The number of hydrogen-bond acceptors (Lipinski definition) is 4. The number of aromatic amines is 1. The average Bonchev–Trinajstić information content (AvgIpc) is 3.60. The van der Waals surface area contributed by atoms with Crippen LogP contribution in [0.15, 0.2) is 85.1 Å². The Morgan fingerprint density at radius 2 is 1.85 bits per heavy atom. The Balaban J connectivity index is 1.40. The predicted octanol–water partition coefficient (Wildman–Crippen LogP) is 7.04. The Hall–Kier alpha value is -4.72. The molecule has 6 rings (SSSR count). The van der Waals surface area contributed by atoms with Gasteiger partial charge >= 0.3 is 6.03 Å². The lowest BCUT2D eigenvalue weighted by atomic mass is 10.0. The molecule has 3 heterocycles. The summed E-state index contributed by atoms with van der Waals surface area (Å²) in [6.45, 7) is 0.679. The lowest BCUT2D eigenvalue weighted by Gasteiger charge is -2.29. The third-order valence-electron chi connectivity index (χ3n) is 7.03. The Bertz CT molecular complexity index is 1630. The fourth-order valence-electron chi connectivity index (χ4n) is 5.13. The van der Waals surface area contributed by atoms with E-state index < -0.39 is 0 Å². The van der Waals surface area contributed by atoms with E-state index in [9.17, 15) is 9.18 Å². The molecule has 2 amide bonds. The monoisotopic (exact) mass is 521 g/mol. The van der Waals surface area contributed by atoms with Gasteiger partial charge in [-0.1, -0.05) is 36.4 Å². The molecule has 0 aliphatic carbocycles. The minimum atomic E-state index is -0.270. The van der Waals surface area contributed by atoms with Gasteiger partial charge in [-0.25, -0.2) is 14.2 Å². The van der Waals surface area contributed by atoms with Crippen LogP contribution in [0.1, 0.15) is 24.4 Å². The standard InChI is InChI=1S/C31H28FN5O2/c1-36(2)31(38)37-17-7-11-28(37)23-18-26-27(35-30(34-26)25-10-5-6-16-33-25)19-29(23)39-21-14-12-20(13-15-21)22-8-3-4-9-24(22)32/h3-6,8-10,12-16,18-19,28H,7,11,17H2,1-2H3,(H,34,35). The second-order valence-corrected chi connectivity index (χ2v) is 9.84. The van der Waals surface area contributed by atoms with Crippen molar-refractivity contribution in [1.82, 2.24) is 24.8 Å². The molecule has 8 heteroatoms. The number of halogens is 1. The molecule has 0 bridgehead atoms. The van der Waals surface area contributed by atoms with Crippen LogP contribution in [0.25, 0.3) is 33.7 Å². The lowest BCUT2D eigenvalue weighted by Crippen LogP contribution is -2.38. The van der Waals surface area contributed by atoms with Crippen molar-refractivity contribution in [3.63, 3.8) is 0 Å². The van der Waals surface area contributed by atoms with Gasteiger partial charge in [0.25, 0.3) is 0 Å². The molecule has 1 aliphatic rings. The highest BCUT2D eigenvalue weighted by molar-refractivity contribution is 5.82. The number of aromatic nitrogens is 3. The van der Waals surface area contributed by atoms with Gasteiger partial charge in [0, 0.05) is 44.0 Å². The Labute approximate surface area is 225 Å². The maximum Gasteiger partial charge on any atom is 0.319 e. The van der Waals surface area contributed by atoms with Crippen LogP contribution in [0.5, 0.6) is 11.5 Å². The minimum Gasteiger partial charge on any atom is -0.457 e. The molecule has 1 atom stereocenters. The summed E-state index contributed by atoms with van der Waals surface area (Å²) < 4.78 is 20.7. The zero-order chi connectivity index (χ0) is 26.9. The molecule has 1 N–H and O–H groups in total. The molecular weight excluding hydrogens is 493 g/mol. The number of likely N-dealkylation sites (tertiary alicyclic amines) is 1. The van der Waals surface area contributed by atoms with Crippen LogP contribution >= 0.6 is 0 Å². The highest BCUT2D eigenvalue weighted by Crippen LogP contribution is 2.41. The number of carbonyl (C=O) groups is 1. The number of fused-ring (bicyclic) bond motifs is 1. The first-order chi connectivity index (χ1) is 19.0. The number of rotatable bonds is 5. The normalized spacial score (nSPS) is 15.1. The number of benzene rings is 3. The van der Waals surface area contributed by atoms with Crippen molar-refractivity contribution in [2.45, 2.75) is 18.9 Å². The fourth-order valence-corrected chi connectivity index (χ4v) is 5.13. The molecular formula is C31H28FN5O2. The summed E-state index contributed by atoms with van der Waals surface area (Å²) >= 11 is 0. The van der Waals surface area contributed by atoms with Gasteiger partial charge in [-0.15, -0.1) is 0 Å². The number of urea groups is 1. The van der Waals surface area contributed by atoms with E-state index in [1.165, 1.54) is 6.07 Å². The number of carbonyl (C=O) groups excluding carboxylic acids is 1. The van der Waals surface area contributed by atoms with Gasteiger partial charge in [-0.3, -0.25) is 4.98 Å². The first-order valence-corrected chi connectivity index (χ1v) is 12.9. The molecule has 0 saturated carbocycles. The smallest absolute Gasteiger partial charge is 0.319 e. The van der Waals surface area contributed by atoms with Gasteiger partial charge in [0.05, 0.1) is 17.1 Å². The highest BCUT2D eigenvalue weighted by atomic mass is 19.1. The first-order valence-electron chi connectivity index (χ1n) is 12.9. The van der Waals surface area contributed by atoms with Crippen LogP contribution in [-0.2, 0) is 0 Å². The lowest BCUT2D eigenvalue weighted by molar-refractivity contribution is 0.165. The van der Waals surface area contributed by atoms with E-state index >= 15 is 0 Å². The molecule has 5 aromatic rings. The van der Waals surface area contributed by atoms with Gasteiger partial charge in [-0.2, -0.15) is 0 Å². The first kappa shape index (κ1) is 24.6. The molecule has 3 aromatic carbocycles. The molecule has 2 aromatic heterocycles. The third-order valence-corrected chi connectivity index (χ3v) is 7.03. The summed E-state index contributed by atoms with van der Waals surface area (Å²) in [4.78, 5) is 29.1. The molecule has 39 heavy (non-hydrogen) atoms. The number of hydrogen-bond donors (Lipinski definition) is 1. The van der Waals surface area contributed by atoms with Crippen LogP contribution < -0.4 is 4.74 Å². The van der Waals surface area contributed by atoms with Crippen LogP contribution in [0.3, 0.4) is 0 Å². The number of amides is 2. The molecule has 7 nitrogen and oxygen atoms in total. The highest BCUT2D eigenvalue weighted by Gasteiger charge is 2.33. The summed E-state index contributed by atoms with van der Waals surface area (Å²) in [5.41, 5.74) is 4.53. The number of pyridine rings is 1. The predicted molar refractivity (Wildman–Crippen MR) is 149 cm³/mol. The number of ether oxygens (including phenoxy) is 1.